The van der Waals surface area contributed by atoms with Crippen LogP contribution < -0.4 is 5.32 Å². The highest BCUT2D eigenvalue weighted by Crippen LogP contribution is 2.32. The number of nitrogens with one attached hydrogen (secondary N) is 1. The molecule has 0 amide bonds. The molecule has 0 unspecified atom stereocenters. The van der Waals surface area contributed by atoms with Crippen LogP contribution in [0.5, 0.6) is 0 Å². The van der Waals surface area contributed by atoms with Gasteiger partial charge in [-0.1, -0.05) is 102 Å². The van der Waals surface area contributed by atoms with Crippen LogP contribution in [0, 0.1) is 0 Å². The van der Waals surface area contributed by atoms with E-state index in [9.17, 15) is 22.8 Å². The van der Waals surface area contributed by atoms with Crippen molar-refractivity contribution in [2.75, 3.05) is 151 Å². The summed E-state index contributed by atoms with van der Waals surface area (Å²) in [7, 11) is 0. The summed E-state index contributed by atoms with van der Waals surface area (Å²) in [4.78, 5) is 24.5. The molecule has 0 fully saturated rings. The molecule has 0 radical (unpaired) electrons. The molecule has 2 rings (SSSR count). The normalized spacial score (nSPS) is 11.6. The fourth-order valence-electron chi connectivity index (χ4n) is 6.62. The van der Waals surface area contributed by atoms with Crippen LogP contribution in [0.25, 0.3) is 0 Å². The third-order valence-electron chi connectivity index (χ3n) is 10.4. The van der Waals surface area contributed by atoms with Crippen LogP contribution in [0.2, 0.25) is 0 Å². The highest BCUT2D eigenvalue weighted by molar-refractivity contribution is 5.96. The molecule has 0 saturated heterocycles. The van der Waals surface area contributed by atoms with Gasteiger partial charge >= 0.3 is 18.1 Å². The number of hydrogen-bond acceptors (Lipinski definition) is 15. The first kappa shape index (κ1) is 62.7. The number of alkyl halides is 3. The SMILES string of the molecule is CCCCCCCCCCCCCCCC(=O)OCCOCCOCCOCCOCCOCCOCCOCCOCCOCCOCCOC(=O)c1ccccc1Nc1cccc(C(F)(F)F)c1. The maximum Gasteiger partial charge on any atom is 0.416 e. The average molecular weight is 1000 g/mol. The third-order valence-corrected chi connectivity index (χ3v) is 10.4. The number of carbonyl (C=O) groups is 2. The number of ether oxygens (including phenoxy) is 12. The number of benzene rings is 2. The number of para-hydroxylation sites is 1. The number of carbonyl (C=O) groups excluding carboxylic acids is 2. The predicted octanol–water partition coefficient (Wildman–Crippen LogP) is 9.80. The minimum atomic E-state index is -4.48. The lowest BCUT2D eigenvalue weighted by Crippen LogP contribution is -2.16. The lowest BCUT2D eigenvalue weighted by Gasteiger charge is -2.13. The summed E-state index contributed by atoms with van der Waals surface area (Å²) in [5.41, 5.74) is -0.102. The molecular weight excluding hydrogens is 920 g/mol. The van der Waals surface area contributed by atoms with Crippen LogP contribution in [0.1, 0.15) is 113 Å². The predicted molar refractivity (Wildman–Crippen MR) is 261 cm³/mol. The topological polar surface area (TPSA) is 157 Å². The molecule has 402 valence electrons. The van der Waals surface area contributed by atoms with Gasteiger partial charge in [-0.15, -0.1) is 0 Å². The van der Waals surface area contributed by atoms with E-state index >= 15 is 0 Å². The summed E-state index contributed by atoms with van der Waals surface area (Å²) in [6, 6.07) is 11.1. The molecule has 0 saturated carbocycles. The van der Waals surface area contributed by atoms with Crippen molar-refractivity contribution >= 4 is 23.3 Å². The Hall–Kier alpha value is -3.43. The fourth-order valence-corrected chi connectivity index (χ4v) is 6.62. The summed E-state index contributed by atoms with van der Waals surface area (Å²) in [6.07, 6.45) is 12.7. The van der Waals surface area contributed by atoms with Gasteiger partial charge in [0.1, 0.15) is 13.2 Å². The van der Waals surface area contributed by atoms with Gasteiger partial charge in [-0.3, -0.25) is 4.79 Å². The second-order valence-corrected chi connectivity index (χ2v) is 16.2. The Morgan fingerprint density at radius 2 is 0.786 bits per heavy atom. The Labute approximate surface area is 415 Å². The Morgan fingerprint density at radius 1 is 0.429 bits per heavy atom. The van der Waals surface area contributed by atoms with Crippen molar-refractivity contribution in [2.24, 2.45) is 0 Å². The van der Waals surface area contributed by atoms with E-state index in [1.807, 2.05) is 0 Å². The lowest BCUT2D eigenvalue weighted by molar-refractivity contribution is -0.145. The van der Waals surface area contributed by atoms with E-state index < -0.39 is 17.7 Å². The van der Waals surface area contributed by atoms with Gasteiger partial charge in [0.05, 0.1) is 149 Å². The third kappa shape index (κ3) is 37.4. The van der Waals surface area contributed by atoms with Crippen LogP contribution in [0.3, 0.4) is 0 Å². The number of halogens is 3. The first-order valence-electron chi connectivity index (χ1n) is 25.4. The van der Waals surface area contributed by atoms with Crippen molar-refractivity contribution in [1.82, 2.24) is 0 Å². The summed E-state index contributed by atoms with van der Waals surface area (Å²) < 4.78 is 105. The van der Waals surface area contributed by atoms with Crippen LogP contribution in [0.4, 0.5) is 24.5 Å². The molecule has 2 aromatic rings. The van der Waals surface area contributed by atoms with Gasteiger partial charge in [0.25, 0.3) is 0 Å². The van der Waals surface area contributed by atoms with E-state index in [1.54, 1.807) is 18.2 Å². The Morgan fingerprint density at radius 3 is 1.19 bits per heavy atom. The molecule has 0 aliphatic rings. The number of unbranched alkanes of at least 4 members (excludes halogenated alkanes) is 12. The van der Waals surface area contributed by atoms with E-state index in [2.05, 4.69) is 12.2 Å². The van der Waals surface area contributed by atoms with Crippen LogP contribution >= 0.6 is 0 Å². The Balaban J connectivity index is 1.21. The summed E-state index contributed by atoms with van der Waals surface area (Å²) in [6.45, 7) is 10.7. The molecule has 0 spiro atoms. The second kappa shape index (κ2) is 45.4. The van der Waals surface area contributed by atoms with E-state index in [0.717, 1.165) is 25.0 Å². The second-order valence-electron chi connectivity index (χ2n) is 16.2. The van der Waals surface area contributed by atoms with Crippen molar-refractivity contribution < 1.29 is 79.6 Å². The molecule has 0 bridgehead atoms. The zero-order valence-electron chi connectivity index (χ0n) is 41.9. The standard InChI is InChI=1S/C52H84F3NO14/c1-2-3-4-5-6-7-8-9-10-11-12-13-14-22-50(57)69-43-41-67-39-37-65-35-33-63-31-29-61-27-25-59-23-24-60-26-28-62-30-32-64-34-36-66-38-40-68-42-44-70-51(58)48-20-15-16-21-49(48)56-47-19-17-18-46(45-47)52(53,54)55/h15-21,45,56H,2-14,22-44H2,1H3. The van der Waals surface area contributed by atoms with Crippen LogP contribution in [-0.4, -0.2) is 157 Å². The summed E-state index contributed by atoms with van der Waals surface area (Å²) in [5, 5.41) is 2.86. The molecule has 0 aliphatic carbocycles. The van der Waals surface area contributed by atoms with Crippen LogP contribution in [0.15, 0.2) is 48.5 Å². The number of esters is 2. The minimum Gasteiger partial charge on any atom is -0.463 e. The molecule has 1 N–H and O–H groups in total. The zero-order chi connectivity index (χ0) is 50.3. The Kier molecular flexibility index (Phi) is 40.7. The molecule has 0 aliphatic heterocycles. The molecule has 70 heavy (non-hydrogen) atoms. The molecule has 0 atom stereocenters. The van der Waals surface area contributed by atoms with Gasteiger partial charge in [-0.05, 0) is 36.8 Å². The molecule has 15 nitrogen and oxygen atoms in total. The van der Waals surface area contributed by atoms with Gasteiger partial charge < -0.3 is 62.2 Å². The van der Waals surface area contributed by atoms with Crippen molar-refractivity contribution in [3.8, 4) is 0 Å². The van der Waals surface area contributed by atoms with E-state index in [1.165, 1.54) is 88.8 Å². The van der Waals surface area contributed by atoms with Crippen molar-refractivity contribution in [1.29, 1.82) is 0 Å². The van der Waals surface area contributed by atoms with Gasteiger partial charge in [-0.2, -0.15) is 13.2 Å². The highest BCUT2D eigenvalue weighted by Gasteiger charge is 2.30. The number of anilines is 2. The lowest BCUT2D eigenvalue weighted by atomic mass is 10.0. The van der Waals surface area contributed by atoms with Crippen molar-refractivity contribution in [3.63, 3.8) is 0 Å². The monoisotopic (exact) mass is 1000 g/mol. The smallest absolute Gasteiger partial charge is 0.416 e. The van der Waals surface area contributed by atoms with Gasteiger partial charge in [0, 0.05) is 12.1 Å². The van der Waals surface area contributed by atoms with Crippen LogP contribution in [-0.2, 0) is 67.8 Å². The maximum absolute atomic E-state index is 13.1. The summed E-state index contributed by atoms with van der Waals surface area (Å²) in [5.74, 6) is -0.779. The fraction of sp³-hybridized carbons (Fsp3) is 0.731. The van der Waals surface area contributed by atoms with E-state index in [0.29, 0.717) is 138 Å². The quantitative estimate of drug-likeness (QED) is 0.0493. The molecule has 2 aromatic carbocycles. The first-order valence-corrected chi connectivity index (χ1v) is 25.4. The van der Waals surface area contributed by atoms with E-state index in [-0.39, 0.29) is 37.0 Å². The average Bonchev–Trinajstić information content (AvgIpc) is 3.35. The molecule has 0 aromatic heterocycles. The van der Waals surface area contributed by atoms with Crippen molar-refractivity contribution in [3.05, 3.63) is 59.7 Å². The zero-order valence-corrected chi connectivity index (χ0v) is 41.9. The molecule has 18 heteroatoms. The number of rotatable bonds is 50. The van der Waals surface area contributed by atoms with Gasteiger partial charge in [0.15, 0.2) is 0 Å². The highest BCUT2D eigenvalue weighted by atomic mass is 19.4. The largest absolute Gasteiger partial charge is 0.463 e. The molecule has 0 heterocycles. The maximum atomic E-state index is 13.1. The van der Waals surface area contributed by atoms with Crippen molar-refractivity contribution in [2.45, 2.75) is 103 Å². The molecular formula is C52H84F3NO14. The van der Waals surface area contributed by atoms with E-state index in [4.69, 9.17) is 56.8 Å². The van der Waals surface area contributed by atoms with Gasteiger partial charge in [0.2, 0.25) is 0 Å². The summed E-state index contributed by atoms with van der Waals surface area (Å²) >= 11 is 0. The number of hydrogen-bond donors (Lipinski definition) is 1. The first-order chi connectivity index (χ1) is 34.3. The minimum absolute atomic E-state index is 0.00710. The Bertz CT molecular complexity index is 1520. The van der Waals surface area contributed by atoms with Gasteiger partial charge in [-0.25, -0.2) is 4.79 Å².